The second kappa shape index (κ2) is 7.57. The molecule has 1 atom stereocenters. The number of amides is 1. The van der Waals surface area contributed by atoms with Gasteiger partial charge >= 0.3 is 0 Å². The Morgan fingerprint density at radius 3 is 2.17 bits per heavy atom. The topological polar surface area (TPSA) is 57.6 Å². The maximum Gasteiger partial charge on any atom is 0.300 e. The van der Waals surface area contributed by atoms with Crippen molar-refractivity contribution in [1.29, 1.82) is 0 Å². The zero-order chi connectivity index (χ0) is 20.5. The van der Waals surface area contributed by atoms with Crippen LogP contribution < -0.4 is 4.90 Å². The minimum absolute atomic E-state index is 0.0618. The second-order valence-corrected chi connectivity index (χ2v) is 7.24. The minimum atomic E-state index is -0.756. The van der Waals surface area contributed by atoms with Crippen molar-refractivity contribution in [3.05, 3.63) is 106 Å². The summed E-state index contributed by atoms with van der Waals surface area (Å²) in [6.07, 6.45) is 0. The number of nitrogens with zero attached hydrogens (tertiary/aromatic N) is 1. The molecule has 1 amide bonds. The fraction of sp³-hybridized carbons (Fsp3) is 0.0833. The smallest absolute Gasteiger partial charge is 0.300 e. The highest BCUT2D eigenvalue weighted by Gasteiger charge is 2.47. The largest absolute Gasteiger partial charge is 0.507 e. The van der Waals surface area contributed by atoms with Crippen molar-refractivity contribution in [2.24, 2.45) is 0 Å². The highest BCUT2D eigenvalue weighted by atomic mass is 35.5. The monoisotopic (exact) mass is 403 g/mol. The van der Waals surface area contributed by atoms with Crippen molar-refractivity contribution in [2.45, 2.75) is 13.0 Å². The zero-order valence-corrected chi connectivity index (χ0v) is 16.4. The van der Waals surface area contributed by atoms with Gasteiger partial charge in [0, 0.05) is 16.3 Å². The Bertz CT molecular complexity index is 1120. The Labute approximate surface area is 173 Å². The summed E-state index contributed by atoms with van der Waals surface area (Å²) < 4.78 is 0. The number of hydrogen-bond donors (Lipinski definition) is 1. The summed E-state index contributed by atoms with van der Waals surface area (Å²) in [5.74, 6) is -1.61. The number of benzene rings is 3. The molecule has 0 saturated carbocycles. The highest BCUT2D eigenvalue weighted by Crippen LogP contribution is 2.43. The first-order valence-corrected chi connectivity index (χ1v) is 9.55. The summed E-state index contributed by atoms with van der Waals surface area (Å²) in [7, 11) is 0. The zero-order valence-electron chi connectivity index (χ0n) is 15.7. The van der Waals surface area contributed by atoms with Crippen LogP contribution in [0.25, 0.3) is 5.76 Å². The van der Waals surface area contributed by atoms with E-state index in [9.17, 15) is 14.7 Å². The molecule has 1 unspecified atom stereocenters. The first-order valence-electron chi connectivity index (χ1n) is 9.17. The molecule has 1 aliphatic rings. The quantitative estimate of drug-likeness (QED) is 0.368. The molecule has 0 spiro atoms. The number of halogens is 1. The fourth-order valence-corrected chi connectivity index (χ4v) is 3.81. The molecule has 1 fully saturated rings. The van der Waals surface area contributed by atoms with Crippen molar-refractivity contribution in [2.75, 3.05) is 4.90 Å². The number of anilines is 1. The molecule has 1 N–H and O–H groups in total. The summed E-state index contributed by atoms with van der Waals surface area (Å²) in [4.78, 5) is 27.6. The summed E-state index contributed by atoms with van der Waals surface area (Å²) >= 11 is 6.28. The van der Waals surface area contributed by atoms with Gasteiger partial charge in [0.2, 0.25) is 0 Å². The van der Waals surface area contributed by atoms with Gasteiger partial charge in [-0.25, -0.2) is 0 Å². The van der Waals surface area contributed by atoms with Crippen molar-refractivity contribution in [3.8, 4) is 0 Å². The van der Waals surface area contributed by atoms with Gasteiger partial charge in [0.1, 0.15) is 5.76 Å². The maximum absolute atomic E-state index is 13.1. The van der Waals surface area contributed by atoms with E-state index in [1.165, 1.54) is 4.90 Å². The molecule has 4 rings (SSSR count). The lowest BCUT2D eigenvalue weighted by Gasteiger charge is -2.27. The van der Waals surface area contributed by atoms with Gasteiger partial charge in [0.15, 0.2) is 0 Å². The number of Topliss-reactive ketones (excluding diaryl/α,β-unsaturated/α-hetero) is 1. The van der Waals surface area contributed by atoms with Crippen LogP contribution in [0.5, 0.6) is 0 Å². The van der Waals surface area contributed by atoms with Crippen LogP contribution in [0, 0.1) is 6.92 Å². The number of hydrogen-bond acceptors (Lipinski definition) is 3. The number of carbonyl (C=O) groups excluding carboxylic acids is 2. The van der Waals surface area contributed by atoms with E-state index in [1.807, 2.05) is 36.4 Å². The third-order valence-corrected chi connectivity index (χ3v) is 5.52. The Hall–Kier alpha value is -3.37. The predicted molar refractivity (Wildman–Crippen MR) is 114 cm³/mol. The molecule has 3 aromatic carbocycles. The van der Waals surface area contributed by atoms with Crippen LogP contribution in [-0.4, -0.2) is 16.8 Å². The minimum Gasteiger partial charge on any atom is -0.507 e. The summed E-state index contributed by atoms with van der Waals surface area (Å²) in [5, 5.41) is 11.5. The average molecular weight is 404 g/mol. The van der Waals surface area contributed by atoms with Gasteiger partial charge in [-0.05, 0) is 30.2 Å². The van der Waals surface area contributed by atoms with Crippen LogP contribution in [0.1, 0.15) is 22.7 Å². The first-order chi connectivity index (χ1) is 14.0. The van der Waals surface area contributed by atoms with Gasteiger partial charge < -0.3 is 5.11 Å². The Balaban J connectivity index is 1.98. The van der Waals surface area contributed by atoms with Gasteiger partial charge in [-0.3, -0.25) is 14.5 Å². The number of rotatable bonds is 3. The number of aliphatic hydroxyl groups excluding tert-OH is 1. The third kappa shape index (κ3) is 3.22. The Morgan fingerprint density at radius 2 is 1.52 bits per heavy atom. The maximum atomic E-state index is 13.1. The van der Waals surface area contributed by atoms with E-state index in [-0.39, 0.29) is 11.3 Å². The molecule has 5 heteroatoms. The van der Waals surface area contributed by atoms with Crippen molar-refractivity contribution in [3.63, 3.8) is 0 Å². The Morgan fingerprint density at radius 1 is 0.897 bits per heavy atom. The molecule has 0 aliphatic carbocycles. The van der Waals surface area contributed by atoms with Crippen molar-refractivity contribution in [1.82, 2.24) is 0 Å². The van der Waals surface area contributed by atoms with Crippen LogP contribution in [0.4, 0.5) is 5.69 Å². The van der Waals surface area contributed by atoms with Gasteiger partial charge in [0.25, 0.3) is 11.7 Å². The van der Waals surface area contributed by atoms with Gasteiger partial charge in [-0.2, -0.15) is 0 Å². The molecule has 0 aromatic heterocycles. The van der Waals surface area contributed by atoms with Gasteiger partial charge in [-0.15, -0.1) is 0 Å². The molecule has 1 aliphatic heterocycles. The SMILES string of the molecule is Cc1c(Cl)cccc1N1C(=O)C(=O)/C(=C(/O)c2ccccc2)C1c1ccccc1. The second-order valence-electron chi connectivity index (χ2n) is 6.83. The molecule has 1 saturated heterocycles. The predicted octanol–water partition coefficient (Wildman–Crippen LogP) is 5.27. The molecular weight excluding hydrogens is 386 g/mol. The molecular formula is C24H18ClNO3. The molecule has 3 aromatic rings. The van der Waals surface area contributed by atoms with E-state index in [0.29, 0.717) is 21.8 Å². The van der Waals surface area contributed by atoms with E-state index >= 15 is 0 Å². The van der Waals surface area contributed by atoms with E-state index in [2.05, 4.69) is 0 Å². The van der Waals surface area contributed by atoms with Crippen LogP contribution in [-0.2, 0) is 9.59 Å². The van der Waals surface area contributed by atoms with E-state index in [1.54, 1.807) is 49.4 Å². The molecule has 0 radical (unpaired) electrons. The molecule has 144 valence electrons. The van der Waals surface area contributed by atoms with Crippen LogP contribution in [0.15, 0.2) is 84.4 Å². The average Bonchev–Trinajstić information content (AvgIpc) is 3.01. The number of aliphatic hydroxyl groups is 1. The lowest BCUT2D eigenvalue weighted by Crippen LogP contribution is -2.30. The summed E-state index contributed by atoms with van der Waals surface area (Å²) in [6.45, 7) is 1.80. The lowest BCUT2D eigenvalue weighted by molar-refractivity contribution is -0.132. The molecule has 4 nitrogen and oxygen atoms in total. The number of ketones is 1. The van der Waals surface area contributed by atoms with E-state index in [4.69, 9.17) is 11.6 Å². The normalized spacial score (nSPS) is 18.3. The van der Waals surface area contributed by atoms with Crippen LogP contribution in [0.2, 0.25) is 5.02 Å². The van der Waals surface area contributed by atoms with Crippen molar-refractivity contribution >= 4 is 34.7 Å². The lowest BCUT2D eigenvalue weighted by atomic mass is 9.95. The molecule has 1 heterocycles. The van der Waals surface area contributed by atoms with Gasteiger partial charge in [-0.1, -0.05) is 78.3 Å². The van der Waals surface area contributed by atoms with Crippen LogP contribution in [0.3, 0.4) is 0 Å². The highest BCUT2D eigenvalue weighted by molar-refractivity contribution is 6.52. The standard InChI is InChI=1S/C24H18ClNO3/c1-15-18(25)13-8-14-19(15)26-21(16-9-4-2-5-10-16)20(23(28)24(26)29)22(27)17-11-6-3-7-12-17/h2-14,21,27H,1H3/b22-20+. The molecule has 29 heavy (non-hydrogen) atoms. The number of carbonyl (C=O) groups is 2. The van der Waals surface area contributed by atoms with Crippen molar-refractivity contribution < 1.29 is 14.7 Å². The summed E-state index contributed by atoms with van der Waals surface area (Å²) in [6, 6.07) is 22.4. The molecule has 0 bridgehead atoms. The fourth-order valence-electron chi connectivity index (χ4n) is 3.64. The summed E-state index contributed by atoms with van der Waals surface area (Å²) in [5.41, 5.74) is 2.50. The third-order valence-electron chi connectivity index (χ3n) is 5.11. The Kier molecular flexibility index (Phi) is 4.95. The van der Waals surface area contributed by atoms with Gasteiger partial charge in [0.05, 0.1) is 11.6 Å². The van der Waals surface area contributed by atoms with Crippen LogP contribution >= 0.6 is 11.6 Å². The van der Waals surface area contributed by atoms with E-state index in [0.717, 1.165) is 5.56 Å². The first kappa shape index (κ1) is 19.0. The van der Waals surface area contributed by atoms with E-state index < -0.39 is 17.7 Å².